The van der Waals surface area contributed by atoms with Gasteiger partial charge in [-0.3, -0.25) is 4.99 Å². The van der Waals surface area contributed by atoms with Gasteiger partial charge in [-0.2, -0.15) is 0 Å². The van der Waals surface area contributed by atoms with E-state index in [2.05, 4.69) is 46.6 Å². The third kappa shape index (κ3) is 4.51. The van der Waals surface area contributed by atoms with Gasteiger partial charge in [0.15, 0.2) is 5.96 Å². The third-order valence-electron chi connectivity index (χ3n) is 4.03. The fourth-order valence-corrected chi connectivity index (χ4v) is 3.53. The van der Waals surface area contributed by atoms with E-state index in [9.17, 15) is 0 Å². The highest BCUT2D eigenvalue weighted by molar-refractivity contribution is 7.09. The zero-order valence-corrected chi connectivity index (χ0v) is 13.7. The number of hydrogen-bond acceptors (Lipinski definition) is 2. The number of rotatable bonds is 4. The minimum atomic E-state index is 0.633. The molecule has 1 aliphatic rings. The van der Waals surface area contributed by atoms with Crippen LogP contribution in [-0.4, -0.2) is 37.5 Å². The molecule has 0 radical (unpaired) electrons. The zero-order valence-electron chi connectivity index (χ0n) is 12.9. The molecule has 1 aromatic rings. The van der Waals surface area contributed by atoms with Gasteiger partial charge in [-0.1, -0.05) is 19.9 Å². The van der Waals surface area contributed by atoms with Crippen molar-refractivity contribution in [3.63, 3.8) is 0 Å². The molecule has 1 atom stereocenters. The van der Waals surface area contributed by atoms with Crippen LogP contribution in [0.15, 0.2) is 22.5 Å². The van der Waals surface area contributed by atoms with Crippen LogP contribution in [0.25, 0.3) is 0 Å². The summed E-state index contributed by atoms with van der Waals surface area (Å²) in [5, 5.41) is 5.70. The molecule has 1 N–H and O–H groups in total. The molecule has 2 heterocycles. The highest BCUT2D eigenvalue weighted by atomic mass is 32.1. The predicted molar refractivity (Wildman–Crippen MR) is 88.5 cm³/mol. The number of guanidine groups is 1. The second-order valence-electron chi connectivity index (χ2n) is 5.99. The number of aliphatic imine (C=N–C) groups is 1. The molecule has 0 saturated carbocycles. The number of likely N-dealkylation sites (tertiary alicyclic amines) is 1. The van der Waals surface area contributed by atoms with Crippen molar-refractivity contribution in [2.75, 3.05) is 26.7 Å². The Morgan fingerprint density at radius 1 is 1.50 bits per heavy atom. The van der Waals surface area contributed by atoms with Crippen molar-refractivity contribution in [2.45, 2.75) is 33.1 Å². The van der Waals surface area contributed by atoms with Crippen molar-refractivity contribution in [3.05, 3.63) is 22.4 Å². The topological polar surface area (TPSA) is 27.6 Å². The first-order valence-corrected chi connectivity index (χ1v) is 8.55. The summed E-state index contributed by atoms with van der Waals surface area (Å²) in [6.07, 6.45) is 3.72. The average Bonchev–Trinajstić information content (AvgIpc) is 2.94. The first kappa shape index (κ1) is 15.4. The molecule has 1 fully saturated rings. The second-order valence-corrected chi connectivity index (χ2v) is 7.02. The van der Waals surface area contributed by atoms with Crippen LogP contribution >= 0.6 is 11.3 Å². The highest BCUT2D eigenvalue weighted by Crippen LogP contribution is 2.16. The molecular formula is C16H27N3S. The smallest absolute Gasteiger partial charge is 0.193 e. The molecule has 112 valence electrons. The van der Waals surface area contributed by atoms with E-state index < -0.39 is 0 Å². The van der Waals surface area contributed by atoms with E-state index in [4.69, 9.17) is 0 Å². The van der Waals surface area contributed by atoms with Crippen molar-refractivity contribution in [2.24, 2.45) is 16.8 Å². The van der Waals surface area contributed by atoms with Gasteiger partial charge in [-0.05, 0) is 42.5 Å². The minimum Gasteiger partial charge on any atom is -0.356 e. The lowest BCUT2D eigenvalue weighted by Crippen LogP contribution is -2.46. The fourth-order valence-electron chi connectivity index (χ4n) is 2.66. The Balaban J connectivity index is 1.76. The molecular weight excluding hydrogens is 266 g/mol. The molecule has 1 saturated heterocycles. The number of hydrogen-bond donors (Lipinski definition) is 1. The van der Waals surface area contributed by atoms with E-state index in [1.807, 2.05) is 18.4 Å². The van der Waals surface area contributed by atoms with E-state index >= 15 is 0 Å². The maximum absolute atomic E-state index is 4.44. The summed E-state index contributed by atoms with van der Waals surface area (Å²) in [5.41, 5.74) is 0. The first-order valence-electron chi connectivity index (χ1n) is 7.67. The van der Waals surface area contributed by atoms with Gasteiger partial charge in [-0.25, -0.2) is 0 Å². The normalized spacial score (nSPS) is 19.1. The molecule has 1 unspecified atom stereocenters. The van der Waals surface area contributed by atoms with E-state index in [1.165, 1.54) is 17.7 Å². The summed E-state index contributed by atoms with van der Waals surface area (Å²) in [7, 11) is 1.89. The third-order valence-corrected chi connectivity index (χ3v) is 4.93. The van der Waals surface area contributed by atoms with Crippen LogP contribution in [0, 0.1) is 11.8 Å². The van der Waals surface area contributed by atoms with Gasteiger partial charge in [0.25, 0.3) is 0 Å². The van der Waals surface area contributed by atoms with Crippen molar-refractivity contribution in [3.8, 4) is 0 Å². The summed E-state index contributed by atoms with van der Waals surface area (Å²) >= 11 is 1.85. The number of piperidine rings is 1. The molecule has 0 bridgehead atoms. The standard InChI is InChI=1S/C16H27N3S/c1-13-6-8-19(9-7-13)16(17-3)18-12-14(2)11-15-5-4-10-20-15/h4-5,10,13-14H,6-9,11-12H2,1-3H3,(H,17,18). The Labute approximate surface area is 127 Å². The van der Waals surface area contributed by atoms with Crippen LogP contribution in [0.1, 0.15) is 31.6 Å². The first-order chi connectivity index (χ1) is 9.69. The minimum absolute atomic E-state index is 0.633. The fraction of sp³-hybridized carbons (Fsp3) is 0.688. The second kappa shape index (κ2) is 7.67. The Hall–Kier alpha value is -1.03. The van der Waals surface area contributed by atoms with Gasteiger partial charge in [0.2, 0.25) is 0 Å². The number of thiophene rings is 1. The SMILES string of the molecule is CN=C(NCC(C)Cc1cccs1)N1CCC(C)CC1. The number of nitrogens with one attached hydrogen (secondary N) is 1. The summed E-state index contributed by atoms with van der Waals surface area (Å²) < 4.78 is 0. The lowest BCUT2D eigenvalue weighted by Gasteiger charge is -2.33. The molecule has 0 amide bonds. The van der Waals surface area contributed by atoms with Crippen molar-refractivity contribution >= 4 is 17.3 Å². The maximum Gasteiger partial charge on any atom is 0.193 e. The molecule has 1 aliphatic heterocycles. The molecule has 0 spiro atoms. The van der Waals surface area contributed by atoms with E-state index in [-0.39, 0.29) is 0 Å². The lowest BCUT2D eigenvalue weighted by molar-refractivity contribution is 0.272. The zero-order chi connectivity index (χ0) is 14.4. The van der Waals surface area contributed by atoms with E-state index in [0.29, 0.717) is 5.92 Å². The van der Waals surface area contributed by atoms with Crippen LogP contribution in [0.3, 0.4) is 0 Å². The summed E-state index contributed by atoms with van der Waals surface area (Å²) in [6, 6.07) is 4.36. The van der Waals surface area contributed by atoms with Crippen molar-refractivity contribution < 1.29 is 0 Å². The van der Waals surface area contributed by atoms with Crippen LogP contribution in [0.4, 0.5) is 0 Å². The molecule has 0 aliphatic carbocycles. The van der Waals surface area contributed by atoms with Gasteiger partial charge in [0, 0.05) is 31.6 Å². The molecule has 0 aromatic carbocycles. The van der Waals surface area contributed by atoms with Crippen LogP contribution in [0.5, 0.6) is 0 Å². The molecule has 1 aromatic heterocycles. The van der Waals surface area contributed by atoms with Crippen LogP contribution in [0.2, 0.25) is 0 Å². The molecule has 3 nitrogen and oxygen atoms in total. The molecule has 2 rings (SSSR count). The van der Waals surface area contributed by atoms with Gasteiger partial charge in [-0.15, -0.1) is 11.3 Å². The van der Waals surface area contributed by atoms with Crippen molar-refractivity contribution in [1.82, 2.24) is 10.2 Å². The van der Waals surface area contributed by atoms with Crippen LogP contribution < -0.4 is 5.32 Å². The van der Waals surface area contributed by atoms with Crippen LogP contribution in [-0.2, 0) is 6.42 Å². The highest BCUT2D eigenvalue weighted by Gasteiger charge is 2.18. The van der Waals surface area contributed by atoms with Gasteiger partial charge < -0.3 is 10.2 Å². The van der Waals surface area contributed by atoms with E-state index in [0.717, 1.165) is 37.9 Å². The Morgan fingerprint density at radius 3 is 2.85 bits per heavy atom. The average molecular weight is 293 g/mol. The quantitative estimate of drug-likeness (QED) is 0.682. The monoisotopic (exact) mass is 293 g/mol. The predicted octanol–water partition coefficient (Wildman–Crippen LogP) is 3.23. The summed E-state index contributed by atoms with van der Waals surface area (Å²) in [4.78, 5) is 8.31. The summed E-state index contributed by atoms with van der Waals surface area (Å²) in [5.74, 6) is 2.58. The van der Waals surface area contributed by atoms with Gasteiger partial charge in [0.05, 0.1) is 0 Å². The lowest BCUT2D eigenvalue weighted by atomic mass is 9.99. The Kier molecular flexibility index (Phi) is 5.89. The van der Waals surface area contributed by atoms with E-state index in [1.54, 1.807) is 0 Å². The molecule has 4 heteroatoms. The number of nitrogens with zero attached hydrogens (tertiary/aromatic N) is 2. The van der Waals surface area contributed by atoms with Gasteiger partial charge in [0.1, 0.15) is 0 Å². The van der Waals surface area contributed by atoms with Crippen molar-refractivity contribution in [1.29, 1.82) is 0 Å². The largest absolute Gasteiger partial charge is 0.356 e. The molecule has 20 heavy (non-hydrogen) atoms. The van der Waals surface area contributed by atoms with Gasteiger partial charge >= 0.3 is 0 Å². The Bertz CT molecular complexity index is 405. The maximum atomic E-state index is 4.44. The summed E-state index contributed by atoms with van der Waals surface area (Å²) in [6.45, 7) is 7.92. The Morgan fingerprint density at radius 2 is 2.25 bits per heavy atom.